The van der Waals surface area contributed by atoms with Crippen LogP contribution in [0.25, 0.3) is 11.1 Å². The average Bonchev–Trinajstić information content (AvgIpc) is 2.52. The number of nitrogens with zero attached hydrogens (tertiary/aromatic N) is 1. The van der Waals surface area contributed by atoms with Crippen LogP contribution >= 0.6 is 0 Å². The lowest BCUT2D eigenvalue weighted by atomic mass is 10.1. The number of Topliss-reactive ketones (excluding diaryl/α,β-unsaturated/α-hetero) is 1. The van der Waals surface area contributed by atoms with Gasteiger partial charge in [-0.1, -0.05) is 12.1 Å². The summed E-state index contributed by atoms with van der Waals surface area (Å²) in [5.74, 6) is -0.774. The van der Waals surface area contributed by atoms with Crippen molar-refractivity contribution in [3.63, 3.8) is 0 Å². The molecule has 0 unspecified atom stereocenters. The third-order valence-corrected chi connectivity index (χ3v) is 2.94. The molecule has 2 rings (SSSR count). The molecule has 0 atom stereocenters. The summed E-state index contributed by atoms with van der Waals surface area (Å²) < 4.78 is 18.4. The van der Waals surface area contributed by atoms with Gasteiger partial charge in [-0.05, 0) is 30.7 Å². The Labute approximate surface area is 127 Å². The van der Waals surface area contributed by atoms with Crippen LogP contribution in [-0.2, 0) is 4.79 Å². The molecule has 0 saturated carbocycles. The van der Waals surface area contributed by atoms with Crippen LogP contribution < -0.4 is 10.1 Å². The van der Waals surface area contributed by atoms with E-state index in [1.165, 1.54) is 32.4 Å². The number of amides is 1. The number of carbonyl (C=O) groups excluding carboxylic acids is 2. The van der Waals surface area contributed by atoms with Gasteiger partial charge < -0.3 is 10.1 Å². The summed E-state index contributed by atoms with van der Waals surface area (Å²) >= 11 is 0. The van der Waals surface area contributed by atoms with E-state index in [0.29, 0.717) is 11.1 Å². The molecule has 114 valence electrons. The molecule has 0 aliphatic carbocycles. The fourth-order valence-electron chi connectivity index (χ4n) is 1.89. The maximum absolute atomic E-state index is 13.3. The highest BCUT2D eigenvalue weighted by Gasteiger charge is 2.15. The summed E-state index contributed by atoms with van der Waals surface area (Å²) in [6, 6.07) is 7.63. The van der Waals surface area contributed by atoms with Crippen molar-refractivity contribution in [1.29, 1.82) is 0 Å². The molecule has 1 aromatic carbocycles. The molecule has 2 aromatic rings. The number of rotatable bonds is 5. The van der Waals surface area contributed by atoms with Gasteiger partial charge in [0, 0.05) is 11.8 Å². The number of ether oxygens (including phenoxy) is 1. The van der Waals surface area contributed by atoms with E-state index in [-0.39, 0.29) is 29.6 Å². The molecule has 0 aliphatic rings. The van der Waals surface area contributed by atoms with Gasteiger partial charge in [0.1, 0.15) is 11.6 Å². The minimum absolute atomic E-state index is 0.0731. The predicted molar refractivity (Wildman–Crippen MR) is 79.2 cm³/mol. The van der Waals surface area contributed by atoms with Crippen LogP contribution in [0.1, 0.15) is 17.4 Å². The van der Waals surface area contributed by atoms with Crippen LogP contribution in [0.2, 0.25) is 0 Å². The first kappa shape index (κ1) is 15.6. The Hall–Kier alpha value is -2.76. The number of halogens is 1. The third-order valence-electron chi connectivity index (χ3n) is 2.94. The van der Waals surface area contributed by atoms with Gasteiger partial charge in [0.2, 0.25) is 0 Å². The first-order chi connectivity index (χ1) is 10.5. The second kappa shape index (κ2) is 6.80. The summed E-state index contributed by atoms with van der Waals surface area (Å²) in [6.45, 7) is 1.30. The van der Waals surface area contributed by atoms with Gasteiger partial charge in [-0.15, -0.1) is 0 Å². The second-order valence-electron chi connectivity index (χ2n) is 4.67. The van der Waals surface area contributed by atoms with Crippen LogP contribution in [0.3, 0.4) is 0 Å². The van der Waals surface area contributed by atoms with Crippen LogP contribution in [-0.4, -0.2) is 30.3 Å². The van der Waals surface area contributed by atoms with Gasteiger partial charge in [0.25, 0.3) is 5.91 Å². The van der Waals surface area contributed by atoms with E-state index >= 15 is 0 Å². The molecule has 1 aromatic heterocycles. The zero-order chi connectivity index (χ0) is 16.1. The molecule has 1 heterocycles. The molecule has 0 bridgehead atoms. The molecule has 0 saturated heterocycles. The molecule has 1 N–H and O–H groups in total. The molecule has 0 fully saturated rings. The second-order valence-corrected chi connectivity index (χ2v) is 4.67. The van der Waals surface area contributed by atoms with Gasteiger partial charge in [-0.25, -0.2) is 9.37 Å². The fraction of sp³-hybridized carbons (Fsp3) is 0.188. The number of hydrogen-bond acceptors (Lipinski definition) is 4. The van der Waals surface area contributed by atoms with Gasteiger partial charge in [0.05, 0.1) is 13.7 Å². The lowest BCUT2D eigenvalue weighted by molar-refractivity contribution is -0.116. The molecule has 1 amide bonds. The van der Waals surface area contributed by atoms with E-state index < -0.39 is 5.91 Å². The van der Waals surface area contributed by atoms with Crippen molar-refractivity contribution in [2.75, 3.05) is 13.7 Å². The molecule has 5 nitrogen and oxygen atoms in total. The van der Waals surface area contributed by atoms with Crippen molar-refractivity contribution in [1.82, 2.24) is 10.3 Å². The van der Waals surface area contributed by atoms with Crippen LogP contribution in [0.5, 0.6) is 5.75 Å². The van der Waals surface area contributed by atoms with Gasteiger partial charge in [-0.3, -0.25) is 9.59 Å². The first-order valence-corrected chi connectivity index (χ1v) is 6.59. The Morgan fingerprint density at radius 3 is 2.68 bits per heavy atom. The topological polar surface area (TPSA) is 68.3 Å². The zero-order valence-corrected chi connectivity index (χ0v) is 12.2. The van der Waals surface area contributed by atoms with Gasteiger partial charge >= 0.3 is 0 Å². The van der Waals surface area contributed by atoms with Crippen molar-refractivity contribution >= 4 is 11.7 Å². The van der Waals surface area contributed by atoms with E-state index in [2.05, 4.69) is 10.3 Å². The molecular weight excluding hydrogens is 287 g/mol. The molecule has 0 radical (unpaired) electrons. The lowest BCUT2D eigenvalue weighted by Gasteiger charge is -2.10. The number of ketones is 1. The average molecular weight is 302 g/mol. The van der Waals surface area contributed by atoms with Crippen molar-refractivity contribution in [2.24, 2.45) is 0 Å². The number of carbonyl (C=O) groups is 2. The van der Waals surface area contributed by atoms with Crippen molar-refractivity contribution in [3.8, 4) is 16.9 Å². The summed E-state index contributed by atoms with van der Waals surface area (Å²) in [5.41, 5.74) is 1.32. The summed E-state index contributed by atoms with van der Waals surface area (Å²) in [5, 5.41) is 2.45. The Bertz CT molecular complexity index is 716. The van der Waals surface area contributed by atoms with Crippen molar-refractivity contribution in [2.45, 2.75) is 6.92 Å². The highest BCUT2D eigenvalue weighted by Crippen LogP contribution is 2.25. The number of hydrogen-bond donors (Lipinski definition) is 1. The van der Waals surface area contributed by atoms with Crippen LogP contribution in [0.15, 0.2) is 36.5 Å². The van der Waals surface area contributed by atoms with Crippen molar-refractivity contribution in [3.05, 3.63) is 48.0 Å². The molecule has 0 aliphatic heterocycles. The maximum Gasteiger partial charge on any atom is 0.274 e. The Kier molecular flexibility index (Phi) is 4.83. The molecule has 22 heavy (non-hydrogen) atoms. The molecule has 6 heteroatoms. The van der Waals surface area contributed by atoms with E-state index in [1.54, 1.807) is 18.2 Å². The number of nitrogens with one attached hydrogen (secondary N) is 1. The van der Waals surface area contributed by atoms with Crippen LogP contribution in [0.4, 0.5) is 4.39 Å². The minimum atomic E-state index is -0.502. The highest BCUT2D eigenvalue weighted by atomic mass is 19.1. The largest absolute Gasteiger partial charge is 0.494 e. The summed E-state index contributed by atoms with van der Waals surface area (Å²) in [7, 11) is 1.41. The Balaban J connectivity index is 2.31. The Morgan fingerprint density at radius 1 is 1.27 bits per heavy atom. The zero-order valence-electron chi connectivity index (χ0n) is 12.2. The number of benzene rings is 1. The molecule has 0 spiro atoms. The summed E-state index contributed by atoms with van der Waals surface area (Å²) in [4.78, 5) is 26.9. The van der Waals surface area contributed by atoms with Crippen LogP contribution in [0, 0.1) is 5.82 Å². The summed E-state index contributed by atoms with van der Waals surface area (Å²) in [6.07, 6.45) is 1.46. The number of pyridine rings is 1. The monoisotopic (exact) mass is 302 g/mol. The fourth-order valence-corrected chi connectivity index (χ4v) is 1.89. The lowest BCUT2D eigenvalue weighted by Crippen LogP contribution is -2.29. The predicted octanol–water partition coefficient (Wildman–Crippen LogP) is 2.22. The standard InChI is InChI=1S/C16H15FN2O3/c1-10(20)8-19-16(21)15-14(22-2)7-12(9-18-15)11-4-3-5-13(17)6-11/h3-7,9H,8H2,1-2H3,(H,19,21). The Morgan fingerprint density at radius 2 is 2.05 bits per heavy atom. The normalized spacial score (nSPS) is 10.1. The SMILES string of the molecule is COc1cc(-c2cccc(F)c2)cnc1C(=O)NCC(C)=O. The van der Waals surface area contributed by atoms with E-state index in [1.807, 2.05) is 0 Å². The van der Waals surface area contributed by atoms with E-state index in [9.17, 15) is 14.0 Å². The third kappa shape index (κ3) is 3.66. The first-order valence-electron chi connectivity index (χ1n) is 6.59. The highest BCUT2D eigenvalue weighted by molar-refractivity contribution is 5.97. The van der Waals surface area contributed by atoms with E-state index in [0.717, 1.165) is 0 Å². The van der Waals surface area contributed by atoms with Gasteiger partial charge in [0.15, 0.2) is 11.4 Å². The van der Waals surface area contributed by atoms with E-state index in [4.69, 9.17) is 4.74 Å². The smallest absolute Gasteiger partial charge is 0.274 e. The minimum Gasteiger partial charge on any atom is -0.494 e. The van der Waals surface area contributed by atoms with Gasteiger partial charge in [-0.2, -0.15) is 0 Å². The number of aromatic nitrogens is 1. The quantitative estimate of drug-likeness (QED) is 0.919. The van der Waals surface area contributed by atoms with Crippen molar-refractivity contribution < 1.29 is 18.7 Å². The molecular formula is C16H15FN2O3. The number of methoxy groups -OCH3 is 1. The maximum atomic E-state index is 13.3.